The Labute approximate surface area is 91.7 Å². The van der Waals surface area contributed by atoms with E-state index in [0.29, 0.717) is 5.92 Å². The second-order valence-electron chi connectivity index (χ2n) is 6.05. The molecule has 3 saturated carbocycles. The van der Waals surface area contributed by atoms with Crippen molar-refractivity contribution in [3.05, 3.63) is 0 Å². The lowest BCUT2D eigenvalue weighted by molar-refractivity contribution is -0.0392. The molecule has 0 saturated heterocycles. The number of hydrogen-bond acceptors (Lipinski definition) is 2. The normalized spacial score (nSPS) is 54.8. The Kier molecular flexibility index (Phi) is 2.52. The second-order valence-corrected chi connectivity index (χ2v) is 6.05. The zero-order valence-electron chi connectivity index (χ0n) is 9.31. The third-order valence-electron chi connectivity index (χ3n) is 5.22. The first-order chi connectivity index (χ1) is 7.24. The first-order valence-electron chi connectivity index (χ1n) is 6.60. The maximum atomic E-state index is 9.73. The van der Waals surface area contributed by atoms with Crippen molar-refractivity contribution in [2.24, 2.45) is 23.7 Å². The van der Waals surface area contributed by atoms with Crippen LogP contribution in [0.3, 0.4) is 0 Å². The number of hydrogen-bond donors (Lipinski definition) is 2. The van der Waals surface area contributed by atoms with Gasteiger partial charge in [-0.25, -0.2) is 0 Å². The van der Waals surface area contributed by atoms with Gasteiger partial charge in [-0.05, 0) is 62.2 Å². The lowest BCUT2D eigenvalue weighted by Crippen LogP contribution is -2.37. The van der Waals surface area contributed by atoms with E-state index in [4.69, 9.17) is 0 Å². The number of fused-ring (bicyclic) bond motifs is 2. The fraction of sp³-hybridized carbons (Fsp3) is 1.00. The van der Waals surface area contributed by atoms with Gasteiger partial charge in [0.05, 0.1) is 12.2 Å². The van der Waals surface area contributed by atoms with Crippen LogP contribution in [0.15, 0.2) is 0 Å². The fourth-order valence-corrected chi connectivity index (χ4v) is 4.42. The Morgan fingerprint density at radius 3 is 2.00 bits per heavy atom. The first-order valence-corrected chi connectivity index (χ1v) is 6.60. The molecule has 6 atom stereocenters. The Balaban J connectivity index is 1.63. The summed E-state index contributed by atoms with van der Waals surface area (Å²) in [7, 11) is 0. The Morgan fingerprint density at radius 1 is 0.667 bits per heavy atom. The van der Waals surface area contributed by atoms with Gasteiger partial charge in [-0.2, -0.15) is 0 Å². The second kappa shape index (κ2) is 3.74. The molecule has 0 amide bonds. The van der Waals surface area contributed by atoms with Crippen LogP contribution in [0.2, 0.25) is 0 Å². The SMILES string of the molecule is O[C@@H]1C[C@H]([C@H]2C[C@@H]3CC[C@H]2C3)CC[C@@H]1O. The molecule has 3 fully saturated rings. The molecule has 2 N–H and O–H groups in total. The summed E-state index contributed by atoms with van der Waals surface area (Å²) in [5, 5.41) is 19.2. The molecule has 2 nitrogen and oxygen atoms in total. The van der Waals surface area contributed by atoms with E-state index < -0.39 is 12.2 Å². The van der Waals surface area contributed by atoms with Gasteiger partial charge in [0.1, 0.15) is 0 Å². The summed E-state index contributed by atoms with van der Waals surface area (Å²) in [6.45, 7) is 0. The largest absolute Gasteiger partial charge is 0.390 e. The maximum Gasteiger partial charge on any atom is 0.0801 e. The number of aliphatic hydroxyl groups is 2. The van der Waals surface area contributed by atoms with Crippen LogP contribution in [0.4, 0.5) is 0 Å². The van der Waals surface area contributed by atoms with Crippen molar-refractivity contribution in [2.45, 2.75) is 57.2 Å². The molecule has 2 heteroatoms. The van der Waals surface area contributed by atoms with Gasteiger partial charge in [0.25, 0.3) is 0 Å². The molecule has 0 aromatic rings. The maximum absolute atomic E-state index is 9.73. The van der Waals surface area contributed by atoms with Gasteiger partial charge in [0, 0.05) is 0 Å². The summed E-state index contributed by atoms with van der Waals surface area (Å²) in [5.74, 6) is 3.55. The standard InChI is InChI=1S/C13H22O2/c14-12-4-3-10(7-13(12)15)11-6-8-1-2-9(11)5-8/h8-15H,1-7H2/t8-,9+,10-,11+,12+,13-/m1/s1. The van der Waals surface area contributed by atoms with Gasteiger partial charge in [0.15, 0.2) is 0 Å². The summed E-state index contributed by atoms with van der Waals surface area (Å²) in [5.41, 5.74) is 0. The van der Waals surface area contributed by atoms with Crippen molar-refractivity contribution in [2.75, 3.05) is 0 Å². The van der Waals surface area contributed by atoms with Gasteiger partial charge >= 0.3 is 0 Å². The highest BCUT2D eigenvalue weighted by atomic mass is 16.3. The third-order valence-corrected chi connectivity index (χ3v) is 5.22. The van der Waals surface area contributed by atoms with E-state index in [9.17, 15) is 10.2 Å². The average Bonchev–Trinajstić information content (AvgIpc) is 2.83. The van der Waals surface area contributed by atoms with Crippen molar-refractivity contribution < 1.29 is 10.2 Å². The highest BCUT2D eigenvalue weighted by Crippen LogP contribution is 2.53. The average molecular weight is 210 g/mol. The van der Waals surface area contributed by atoms with Crippen molar-refractivity contribution >= 4 is 0 Å². The zero-order chi connectivity index (χ0) is 10.4. The van der Waals surface area contributed by atoms with Crippen LogP contribution in [0, 0.1) is 23.7 Å². The van der Waals surface area contributed by atoms with Gasteiger partial charge in [-0.3, -0.25) is 0 Å². The third kappa shape index (κ3) is 1.72. The molecule has 0 radical (unpaired) electrons. The quantitative estimate of drug-likeness (QED) is 0.694. The summed E-state index contributed by atoms with van der Waals surface area (Å²) < 4.78 is 0. The monoisotopic (exact) mass is 210 g/mol. The zero-order valence-corrected chi connectivity index (χ0v) is 9.31. The van der Waals surface area contributed by atoms with E-state index in [1.165, 1.54) is 25.7 Å². The summed E-state index contributed by atoms with van der Waals surface area (Å²) in [4.78, 5) is 0. The van der Waals surface area contributed by atoms with Crippen LogP contribution >= 0.6 is 0 Å². The molecule has 86 valence electrons. The molecule has 3 aliphatic rings. The highest BCUT2D eigenvalue weighted by molar-refractivity contribution is 4.95. The minimum Gasteiger partial charge on any atom is -0.390 e. The molecule has 3 aliphatic carbocycles. The van der Waals surface area contributed by atoms with Crippen molar-refractivity contribution in [1.82, 2.24) is 0 Å². The van der Waals surface area contributed by atoms with E-state index in [0.717, 1.165) is 37.0 Å². The van der Waals surface area contributed by atoms with Crippen molar-refractivity contribution in [3.8, 4) is 0 Å². The Morgan fingerprint density at radius 2 is 1.40 bits per heavy atom. The Hall–Kier alpha value is -0.0800. The van der Waals surface area contributed by atoms with Gasteiger partial charge in [0.2, 0.25) is 0 Å². The van der Waals surface area contributed by atoms with Crippen LogP contribution in [-0.4, -0.2) is 22.4 Å². The number of aliphatic hydroxyl groups excluding tert-OH is 2. The summed E-state index contributed by atoms with van der Waals surface area (Å²) >= 11 is 0. The van der Waals surface area contributed by atoms with Gasteiger partial charge in [-0.1, -0.05) is 6.42 Å². The topological polar surface area (TPSA) is 40.5 Å². The van der Waals surface area contributed by atoms with Gasteiger partial charge in [-0.15, -0.1) is 0 Å². The molecule has 2 bridgehead atoms. The minimum atomic E-state index is -0.445. The first kappa shape index (κ1) is 10.1. The summed E-state index contributed by atoms with van der Waals surface area (Å²) in [6, 6.07) is 0. The molecule has 0 aliphatic heterocycles. The molecule has 0 aromatic carbocycles. The summed E-state index contributed by atoms with van der Waals surface area (Å²) in [6.07, 6.45) is 7.70. The van der Waals surface area contributed by atoms with E-state index in [1.807, 2.05) is 0 Å². The molecule has 0 aromatic heterocycles. The molecule has 15 heavy (non-hydrogen) atoms. The van der Waals surface area contributed by atoms with E-state index in [-0.39, 0.29) is 0 Å². The van der Waals surface area contributed by atoms with Crippen LogP contribution in [-0.2, 0) is 0 Å². The van der Waals surface area contributed by atoms with Crippen molar-refractivity contribution in [1.29, 1.82) is 0 Å². The molecule has 3 rings (SSSR count). The highest BCUT2D eigenvalue weighted by Gasteiger charge is 2.44. The minimum absolute atomic E-state index is 0.442. The molecular formula is C13H22O2. The van der Waals surface area contributed by atoms with Crippen LogP contribution in [0.5, 0.6) is 0 Å². The van der Waals surface area contributed by atoms with Crippen LogP contribution in [0.1, 0.15) is 44.9 Å². The van der Waals surface area contributed by atoms with E-state index in [2.05, 4.69) is 0 Å². The Bertz CT molecular complexity index is 241. The molecule has 0 spiro atoms. The lowest BCUT2D eigenvalue weighted by Gasteiger charge is -2.37. The van der Waals surface area contributed by atoms with Crippen LogP contribution in [0.25, 0.3) is 0 Å². The van der Waals surface area contributed by atoms with Crippen LogP contribution < -0.4 is 0 Å². The molecule has 0 unspecified atom stereocenters. The van der Waals surface area contributed by atoms with Crippen molar-refractivity contribution in [3.63, 3.8) is 0 Å². The fourth-order valence-electron chi connectivity index (χ4n) is 4.42. The lowest BCUT2D eigenvalue weighted by atomic mass is 9.71. The number of rotatable bonds is 1. The van der Waals surface area contributed by atoms with E-state index >= 15 is 0 Å². The van der Waals surface area contributed by atoms with E-state index in [1.54, 1.807) is 0 Å². The molecule has 0 heterocycles. The predicted molar refractivity (Wildman–Crippen MR) is 58.3 cm³/mol. The van der Waals surface area contributed by atoms with Gasteiger partial charge < -0.3 is 10.2 Å². The molecular weight excluding hydrogens is 188 g/mol. The predicted octanol–water partition coefficient (Wildman–Crippen LogP) is 1.94. The smallest absolute Gasteiger partial charge is 0.0801 e.